The van der Waals surface area contributed by atoms with Crippen LogP contribution in [0.1, 0.15) is 0 Å². The molecule has 1 heterocycles. The summed E-state index contributed by atoms with van der Waals surface area (Å²) in [6.07, 6.45) is 6.74. The zero-order chi connectivity index (χ0) is 8.81. The predicted octanol–water partition coefficient (Wildman–Crippen LogP) is 0.831. The van der Waals surface area contributed by atoms with Crippen molar-refractivity contribution in [1.82, 2.24) is 15.3 Å². The van der Waals surface area contributed by atoms with Crippen molar-refractivity contribution in [3.05, 3.63) is 12.5 Å². The minimum atomic E-state index is 0.543. The van der Waals surface area contributed by atoms with E-state index in [0.717, 1.165) is 0 Å². The number of aromatic nitrogens is 2. The first-order valence-corrected chi connectivity index (χ1v) is 4.35. The molecular weight excluding hydrogens is 174 g/mol. The maximum Gasteiger partial charge on any atom is 0.183 e. The van der Waals surface area contributed by atoms with Crippen LogP contribution < -0.4 is 5.32 Å². The van der Waals surface area contributed by atoms with Crippen LogP contribution in [-0.2, 0) is 0 Å². The van der Waals surface area contributed by atoms with E-state index in [2.05, 4.69) is 20.3 Å². The molecule has 0 aliphatic heterocycles. The summed E-state index contributed by atoms with van der Waals surface area (Å²) in [5, 5.41) is 11.3. The number of nitrogens with one attached hydrogen (secondary N) is 2. The molecule has 1 rings (SSSR count). The Morgan fingerprint density at radius 3 is 3.25 bits per heavy atom. The SMILES string of the molecule is CS/C(=N/c1cnc[nH]1)NC#N. The largest absolute Gasteiger partial charge is 0.330 e. The van der Waals surface area contributed by atoms with Gasteiger partial charge in [-0.2, -0.15) is 5.26 Å². The molecule has 2 N–H and O–H groups in total. The molecule has 0 saturated heterocycles. The summed E-state index contributed by atoms with van der Waals surface area (Å²) in [5.74, 6) is 0.627. The van der Waals surface area contributed by atoms with Crippen LogP contribution in [0.2, 0.25) is 0 Å². The van der Waals surface area contributed by atoms with Gasteiger partial charge in [-0.3, -0.25) is 5.32 Å². The summed E-state index contributed by atoms with van der Waals surface area (Å²) in [6, 6.07) is 0. The van der Waals surface area contributed by atoms with Crippen molar-refractivity contribution in [2.24, 2.45) is 4.99 Å². The summed E-state index contributed by atoms with van der Waals surface area (Å²) < 4.78 is 0. The van der Waals surface area contributed by atoms with E-state index in [9.17, 15) is 0 Å². The number of H-pyrrole nitrogens is 1. The number of aliphatic imine (C=N–C) groups is 1. The average molecular weight is 181 g/mol. The quantitative estimate of drug-likeness (QED) is 0.291. The van der Waals surface area contributed by atoms with Gasteiger partial charge in [0.25, 0.3) is 0 Å². The van der Waals surface area contributed by atoms with Crippen molar-refractivity contribution >= 4 is 22.7 Å². The summed E-state index contributed by atoms with van der Waals surface area (Å²) in [6.45, 7) is 0. The van der Waals surface area contributed by atoms with E-state index in [4.69, 9.17) is 5.26 Å². The van der Waals surface area contributed by atoms with Gasteiger partial charge in [0.1, 0.15) is 0 Å². The molecule has 0 fully saturated rings. The smallest absolute Gasteiger partial charge is 0.183 e. The summed E-state index contributed by atoms with van der Waals surface area (Å²) >= 11 is 1.36. The van der Waals surface area contributed by atoms with E-state index in [1.54, 1.807) is 12.4 Å². The Labute approximate surface area is 73.9 Å². The van der Waals surface area contributed by atoms with Crippen molar-refractivity contribution in [3.63, 3.8) is 0 Å². The van der Waals surface area contributed by atoms with Crippen molar-refractivity contribution < 1.29 is 0 Å². The summed E-state index contributed by atoms with van der Waals surface area (Å²) in [5.41, 5.74) is 0. The molecule has 12 heavy (non-hydrogen) atoms. The normalized spacial score (nSPS) is 10.8. The van der Waals surface area contributed by atoms with Crippen LogP contribution in [0.5, 0.6) is 0 Å². The number of imidazole rings is 1. The zero-order valence-electron chi connectivity index (χ0n) is 6.40. The van der Waals surface area contributed by atoms with Crippen LogP contribution in [0.15, 0.2) is 17.5 Å². The first-order chi connectivity index (χ1) is 5.86. The number of nitriles is 1. The number of thioether (sulfide) groups is 1. The standard InChI is InChI=1S/C6H7N5S/c1-12-6(9-3-7)11-5-2-8-4-10-5/h2,4H,1H3,(H,8,10)(H,9,11). The van der Waals surface area contributed by atoms with Crippen molar-refractivity contribution in [3.8, 4) is 6.19 Å². The third-order valence-electron chi connectivity index (χ3n) is 1.06. The summed E-state index contributed by atoms with van der Waals surface area (Å²) in [4.78, 5) is 10.6. The Bertz CT molecular complexity index is 296. The van der Waals surface area contributed by atoms with Crippen LogP contribution in [0, 0.1) is 11.5 Å². The highest BCUT2D eigenvalue weighted by molar-refractivity contribution is 8.13. The Morgan fingerprint density at radius 2 is 2.75 bits per heavy atom. The first kappa shape index (κ1) is 8.62. The van der Waals surface area contributed by atoms with E-state index in [0.29, 0.717) is 11.0 Å². The lowest BCUT2D eigenvalue weighted by molar-refractivity contribution is 1.25. The number of amidine groups is 1. The van der Waals surface area contributed by atoms with Crippen molar-refractivity contribution in [1.29, 1.82) is 5.26 Å². The maximum atomic E-state index is 8.32. The molecule has 0 saturated carbocycles. The molecular formula is C6H7N5S. The average Bonchev–Trinajstić information content (AvgIpc) is 2.56. The monoisotopic (exact) mass is 181 g/mol. The molecule has 0 aliphatic rings. The molecule has 1 aromatic rings. The molecule has 0 radical (unpaired) electrons. The van der Waals surface area contributed by atoms with Gasteiger partial charge in [0, 0.05) is 0 Å². The second-order valence-corrected chi connectivity index (χ2v) is 2.59. The molecule has 0 spiro atoms. The van der Waals surface area contributed by atoms with E-state index in [-0.39, 0.29) is 0 Å². The fraction of sp³-hybridized carbons (Fsp3) is 0.167. The Kier molecular flexibility index (Phi) is 3.17. The third-order valence-corrected chi connectivity index (χ3v) is 1.64. The molecule has 0 atom stereocenters. The maximum absolute atomic E-state index is 8.32. The molecule has 0 bridgehead atoms. The lowest BCUT2D eigenvalue weighted by Crippen LogP contribution is -2.12. The fourth-order valence-corrected chi connectivity index (χ4v) is 0.929. The van der Waals surface area contributed by atoms with Gasteiger partial charge in [0.15, 0.2) is 17.2 Å². The number of aromatic amines is 1. The lowest BCUT2D eigenvalue weighted by atomic mass is 10.8. The molecule has 62 valence electrons. The first-order valence-electron chi connectivity index (χ1n) is 3.13. The Balaban J connectivity index is 2.72. The van der Waals surface area contributed by atoms with Crippen LogP contribution in [0.25, 0.3) is 0 Å². The Morgan fingerprint density at radius 1 is 1.92 bits per heavy atom. The van der Waals surface area contributed by atoms with Gasteiger partial charge in [-0.1, -0.05) is 11.8 Å². The van der Waals surface area contributed by atoms with Gasteiger partial charge in [-0.25, -0.2) is 9.98 Å². The van der Waals surface area contributed by atoms with Gasteiger partial charge in [-0.05, 0) is 6.26 Å². The number of nitrogens with zero attached hydrogens (tertiary/aromatic N) is 3. The fourth-order valence-electron chi connectivity index (χ4n) is 0.592. The molecule has 0 aliphatic carbocycles. The highest BCUT2D eigenvalue weighted by Gasteiger charge is 1.95. The molecule has 0 aromatic carbocycles. The van der Waals surface area contributed by atoms with Crippen LogP contribution in [-0.4, -0.2) is 21.4 Å². The minimum absolute atomic E-state index is 0.543. The van der Waals surface area contributed by atoms with E-state index < -0.39 is 0 Å². The third kappa shape index (κ3) is 2.29. The minimum Gasteiger partial charge on any atom is -0.330 e. The van der Waals surface area contributed by atoms with Gasteiger partial charge in [0.05, 0.1) is 12.5 Å². The van der Waals surface area contributed by atoms with Crippen molar-refractivity contribution in [2.75, 3.05) is 6.26 Å². The van der Waals surface area contributed by atoms with E-state index >= 15 is 0 Å². The topological polar surface area (TPSA) is 76.9 Å². The molecule has 0 amide bonds. The van der Waals surface area contributed by atoms with Gasteiger partial charge in [-0.15, -0.1) is 0 Å². The van der Waals surface area contributed by atoms with Gasteiger partial charge in [0.2, 0.25) is 0 Å². The zero-order valence-corrected chi connectivity index (χ0v) is 7.22. The van der Waals surface area contributed by atoms with Crippen molar-refractivity contribution in [2.45, 2.75) is 0 Å². The number of hydrogen-bond acceptors (Lipinski definition) is 4. The van der Waals surface area contributed by atoms with Crippen LogP contribution in [0.3, 0.4) is 0 Å². The second kappa shape index (κ2) is 4.41. The molecule has 6 heteroatoms. The number of hydrogen-bond donors (Lipinski definition) is 2. The van der Waals surface area contributed by atoms with Crippen LogP contribution in [0.4, 0.5) is 5.82 Å². The van der Waals surface area contributed by atoms with E-state index in [1.165, 1.54) is 18.1 Å². The predicted molar refractivity (Wildman–Crippen MR) is 47.9 cm³/mol. The highest BCUT2D eigenvalue weighted by atomic mass is 32.2. The van der Waals surface area contributed by atoms with Crippen LogP contribution >= 0.6 is 11.8 Å². The van der Waals surface area contributed by atoms with E-state index in [1.807, 2.05) is 6.26 Å². The van der Waals surface area contributed by atoms with Gasteiger partial charge < -0.3 is 4.98 Å². The Hall–Kier alpha value is -1.48. The molecule has 0 unspecified atom stereocenters. The number of rotatable bonds is 1. The molecule has 5 nitrogen and oxygen atoms in total. The molecule has 1 aromatic heterocycles. The second-order valence-electron chi connectivity index (χ2n) is 1.79. The van der Waals surface area contributed by atoms with Gasteiger partial charge >= 0.3 is 0 Å². The lowest BCUT2D eigenvalue weighted by Gasteiger charge is -1.95. The summed E-state index contributed by atoms with van der Waals surface area (Å²) in [7, 11) is 0. The highest BCUT2D eigenvalue weighted by Crippen LogP contribution is 2.07.